The predicted octanol–water partition coefficient (Wildman–Crippen LogP) is 4.53. The lowest BCUT2D eigenvalue weighted by molar-refractivity contribution is -0.148. The zero-order chi connectivity index (χ0) is 26.8. The largest absolute Gasteiger partial charge is 0.480 e. The smallest absolute Gasteiger partial charge is 0.410 e. The summed E-state index contributed by atoms with van der Waals surface area (Å²) >= 11 is 1.46. The van der Waals surface area contributed by atoms with Crippen molar-refractivity contribution in [2.45, 2.75) is 77.2 Å². The van der Waals surface area contributed by atoms with E-state index in [0.717, 1.165) is 48.1 Å². The maximum Gasteiger partial charge on any atom is 0.410 e. The van der Waals surface area contributed by atoms with Crippen LogP contribution in [0.4, 0.5) is 9.93 Å². The number of benzene rings is 1. The number of carboxylic acids is 1. The number of hydrogen-bond acceptors (Lipinski definition) is 7. The molecule has 0 aliphatic carbocycles. The summed E-state index contributed by atoms with van der Waals surface area (Å²) in [5, 5.41) is 15.9. The van der Waals surface area contributed by atoms with Gasteiger partial charge in [0.25, 0.3) is 0 Å². The number of ether oxygens (including phenoxy) is 1. The van der Waals surface area contributed by atoms with Crippen LogP contribution in [0.25, 0.3) is 6.08 Å². The number of nitrogens with zero attached hydrogens (tertiary/aromatic N) is 3. The van der Waals surface area contributed by atoms with E-state index in [-0.39, 0.29) is 24.8 Å². The number of allylic oxidation sites excluding steroid dienone is 1. The molecule has 6 bridgehead atoms. The van der Waals surface area contributed by atoms with Crippen LogP contribution >= 0.6 is 11.3 Å². The van der Waals surface area contributed by atoms with Crippen molar-refractivity contribution >= 4 is 40.5 Å². The van der Waals surface area contributed by atoms with Gasteiger partial charge in [0.2, 0.25) is 5.91 Å². The lowest BCUT2D eigenvalue weighted by Gasteiger charge is -2.30. The van der Waals surface area contributed by atoms with Crippen molar-refractivity contribution in [2.75, 3.05) is 11.9 Å². The molecule has 1 aromatic heterocycles. The van der Waals surface area contributed by atoms with Gasteiger partial charge in [-0.1, -0.05) is 50.6 Å². The van der Waals surface area contributed by atoms with E-state index in [1.54, 1.807) is 4.90 Å². The first-order chi connectivity index (χ1) is 18.3. The van der Waals surface area contributed by atoms with Crippen LogP contribution in [0.3, 0.4) is 0 Å². The molecule has 0 saturated carbocycles. The molecule has 3 aliphatic rings. The van der Waals surface area contributed by atoms with Crippen LogP contribution in [-0.4, -0.2) is 62.6 Å². The molecule has 1 fully saturated rings. The highest BCUT2D eigenvalue weighted by atomic mass is 32.1. The summed E-state index contributed by atoms with van der Waals surface area (Å²) in [6.07, 6.45) is 6.57. The first-order valence-electron chi connectivity index (χ1n) is 13.3. The van der Waals surface area contributed by atoms with E-state index < -0.39 is 30.3 Å². The van der Waals surface area contributed by atoms with Gasteiger partial charge in [0.15, 0.2) is 5.13 Å². The van der Waals surface area contributed by atoms with Crippen LogP contribution in [0.2, 0.25) is 0 Å². The Hall–Kier alpha value is -3.40. The van der Waals surface area contributed by atoms with Crippen molar-refractivity contribution in [3.8, 4) is 0 Å². The monoisotopic (exact) mass is 538 g/mol. The molecule has 2 aromatic rings. The summed E-state index contributed by atoms with van der Waals surface area (Å²) in [7, 11) is 0. The van der Waals surface area contributed by atoms with Gasteiger partial charge >= 0.3 is 12.1 Å². The Balaban J connectivity index is 1.44. The highest BCUT2D eigenvalue weighted by Crippen LogP contribution is 2.30. The Morgan fingerprint density at radius 2 is 2.16 bits per heavy atom. The lowest BCUT2D eigenvalue weighted by atomic mass is 9.97. The molecule has 4 atom stereocenters. The third kappa shape index (κ3) is 5.41. The molecule has 2 N–H and O–H groups in total. The number of rotatable bonds is 3. The normalized spacial score (nSPS) is 25.5. The summed E-state index contributed by atoms with van der Waals surface area (Å²) in [6, 6.07) is 4.39. The number of fused-ring (bicyclic) bond motifs is 5. The number of nitrogens with one attached hydrogen (secondary N) is 1. The first kappa shape index (κ1) is 26.2. The van der Waals surface area contributed by atoms with Gasteiger partial charge in [0, 0.05) is 18.3 Å². The number of carbonyl (C=O) groups is 3. The van der Waals surface area contributed by atoms with Crippen molar-refractivity contribution in [1.29, 1.82) is 0 Å². The molecule has 38 heavy (non-hydrogen) atoms. The average molecular weight is 539 g/mol. The number of aromatic nitrogens is 1. The number of carboxylic acid groups (broad SMARTS) is 1. The summed E-state index contributed by atoms with van der Waals surface area (Å²) in [6.45, 7) is 4.90. The minimum absolute atomic E-state index is 0.0497. The molecule has 202 valence electrons. The van der Waals surface area contributed by atoms with E-state index in [1.807, 2.05) is 31.4 Å². The number of aryl methyl sites for hydroxylation is 1. The molecule has 1 aromatic carbocycles. The fourth-order valence-electron chi connectivity index (χ4n) is 5.40. The number of aliphatic carboxylic acids is 1. The summed E-state index contributed by atoms with van der Waals surface area (Å²) in [5.74, 6) is -1.45. The molecule has 0 spiro atoms. The molecular formula is C28H34N4O5S. The minimum Gasteiger partial charge on any atom is -0.480 e. The molecule has 4 heterocycles. The van der Waals surface area contributed by atoms with Crippen molar-refractivity contribution in [3.05, 3.63) is 52.0 Å². The standard InChI is InChI=1S/C28H34N4O5S/c1-3-17(2)24-25(33)32-14-21(12-23(32)26(34)35)37-28(36)31-13-19-10-7-9-18(22(19)15-31)8-5-4-6-11-20-16-38-27(29-20)30-24/h5,7-10,16-17,21,23-24H,3-4,6,11-15H2,1-2H3,(H,29,30)(H,34,35)/b8-5+/t17-,21+,23-,24-/m0/s1. The van der Waals surface area contributed by atoms with Crippen molar-refractivity contribution < 1.29 is 24.2 Å². The van der Waals surface area contributed by atoms with Crippen LogP contribution in [0.1, 0.15) is 61.9 Å². The minimum atomic E-state index is -1.10. The van der Waals surface area contributed by atoms with Crippen LogP contribution < -0.4 is 5.32 Å². The van der Waals surface area contributed by atoms with Gasteiger partial charge < -0.3 is 20.1 Å². The average Bonchev–Trinajstić information content (AvgIpc) is 3.64. The molecule has 0 unspecified atom stereocenters. The second-order valence-electron chi connectivity index (χ2n) is 10.4. The van der Waals surface area contributed by atoms with Gasteiger partial charge in [-0.15, -0.1) is 11.3 Å². The quantitative estimate of drug-likeness (QED) is 0.591. The predicted molar refractivity (Wildman–Crippen MR) is 145 cm³/mol. The zero-order valence-corrected chi connectivity index (χ0v) is 22.6. The third-order valence-electron chi connectivity index (χ3n) is 7.79. The number of amides is 2. The topological polar surface area (TPSA) is 112 Å². The number of anilines is 1. The van der Waals surface area contributed by atoms with Crippen molar-refractivity contribution in [2.24, 2.45) is 5.92 Å². The Bertz CT molecular complexity index is 1240. The second kappa shape index (κ2) is 11.1. The van der Waals surface area contributed by atoms with Gasteiger partial charge in [-0.2, -0.15) is 0 Å². The fourth-order valence-corrected chi connectivity index (χ4v) is 6.19. The molecular weight excluding hydrogens is 504 g/mol. The molecule has 5 rings (SSSR count). The van der Waals surface area contributed by atoms with Crippen LogP contribution in [0.5, 0.6) is 0 Å². The molecule has 10 heteroatoms. The van der Waals surface area contributed by atoms with Gasteiger partial charge in [0.1, 0.15) is 18.2 Å². The molecule has 9 nitrogen and oxygen atoms in total. The van der Waals surface area contributed by atoms with Gasteiger partial charge in [0.05, 0.1) is 18.8 Å². The number of carbonyl (C=O) groups excluding carboxylic acids is 2. The first-order valence-corrected chi connectivity index (χ1v) is 14.2. The van der Waals surface area contributed by atoms with E-state index in [1.165, 1.54) is 16.2 Å². The van der Waals surface area contributed by atoms with Gasteiger partial charge in [-0.05, 0) is 41.9 Å². The highest BCUT2D eigenvalue weighted by Gasteiger charge is 2.45. The Morgan fingerprint density at radius 1 is 1.32 bits per heavy atom. The van der Waals surface area contributed by atoms with E-state index in [2.05, 4.69) is 23.5 Å². The SMILES string of the molecule is CC[C@H](C)[C@@H]1Nc2nc(cs2)CCC/C=C/c2cccc3c2CN(C3)C(=O)O[C@@H]2C[C@@H](C(=O)O)N(C2)C1=O. The summed E-state index contributed by atoms with van der Waals surface area (Å²) < 4.78 is 5.79. The second-order valence-corrected chi connectivity index (χ2v) is 11.2. The highest BCUT2D eigenvalue weighted by molar-refractivity contribution is 7.13. The third-order valence-corrected chi connectivity index (χ3v) is 8.61. The maximum atomic E-state index is 13.7. The lowest BCUT2D eigenvalue weighted by Crippen LogP contribution is -2.50. The van der Waals surface area contributed by atoms with Gasteiger partial charge in [-0.3, -0.25) is 9.69 Å². The van der Waals surface area contributed by atoms with E-state index >= 15 is 0 Å². The Morgan fingerprint density at radius 3 is 2.95 bits per heavy atom. The van der Waals surface area contributed by atoms with E-state index in [9.17, 15) is 19.5 Å². The Kier molecular flexibility index (Phi) is 7.69. The van der Waals surface area contributed by atoms with Crippen molar-refractivity contribution in [3.63, 3.8) is 0 Å². The van der Waals surface area contributed by atoms with Crippen LogP contribution in [-0.2, 0) is 33.8 Å². The van der Waals surface area contributed by atoms with E-state index in [4.69, 9.17) is 9.72 Å². The maximum absolute atomic E-state index is 13.7. The molecule has 0 radical (unpaired) electrons. The summed E-state index contributed by atoms with van der Waals surface area (Å²) in [5.41, 5.74) is 4.25. The fraction of sp³-hybridized carbons (Fsp3) is 0.500. The zero-order valence-electron chi connectivity index (χ0n) is 21.8. The number of thiazole rings is 1. The number of hydrogen-bond donors (Lipinski definition) is 2. The van der Waals surface area contributed by atoms with Crippen LogP contribution in [0.15, 0.2) is 29.7 Å². The Labute approximate surface area is 226 Å². The van der Waals surface area contributed by atoms with Crippen molar-refractivity contribution in [1.82, 2.24) is 14.8 Å². The molecule has 1 saturated heterocycles. The summed E-state index contributed by atoms with van der Waals surface area (Å²) in [4.78, 5) is 46.7. The molecule has 2 amide bonds. The molecule has 3 aliphatic heterocycles. The van der Waals surface area contributed by atoms with Gasteiger partial charge in [-0.25, -0.2) is 14.6 Å². The van der Waals surface area contributed by atoms with Crippen LogP contribution in [0, 0.1) is 5.92 Å². The van der Waals surface area contributed by atoms with E-state index in [0.29, 0.717) is 18.2 Å².